The molecule has 1 aromatic rings. The Morgan fingerprint density at radius 3 is 2.06 bits per heavy atom. The Hall–Kier alpha value is -3.15. The molecule has 2 aliphatic rings. The van der Waals surface area contributed by atoms with Gasteiger partial charge in [-0.05, 0) is 37.7 Å². The predicted molar refractivity (Wildman–Crippen MR) is 113 cm³/mol. The summed E-state index contributed by atoms with van der Waals surface area (Å²) in [6.07, 6.45) is -2.22. The van der Waals surface area contributed by atoms with Gasteiger partial charge in [0.2, 0.25) is 11.8 Å². The third kappa shape index (κ3) is 7.44. The van der Waals surface area contributed by atoms with Crippen LogP contribution >= 0.6 is 0 Å². The van der Waals surface area contributed by atoms with Gasteiger partial charge in [-0.1, -0.05) is 30.3 Å². The van der Waals surface area contributed by atoms with Crippen molar-refractivity contribution in [2.24, 2.45) is 11.7 Å². The van der Waals surface area contributed by atoms with Gasteiger partial charge in [-0.3, -0.25) is 9.59 Å². The molecule has 9 nitrogen and oxygen atoms in total. The Labute approximate surface area is 194 Å². The van der Waals surface area contributed by atoms with Crippen LogP contribution in [-0.4, -0.2) is 81.7 Å². The predicted octanol–water partition coefficient (Wildman–Crippen LogP) is 1.50. The third-order valence-electron chi connectivity index (χ3n) is 5.83. The van der Waals surface area contributed by atoms with E-state index in [0.29, 0.717) is 45.3 Å². The van der Waals surface area contributed by atoms with Crippen LogP contribution in [0.5, 0.6) is 0 Å². The Morgan fingerprint density at radius 1 is 1.00 bits per heavy atom. The van der Waals surface area contributed by atoms with E-state index in [-0.39, 0.29) is 17.7 Å². The number of hydrogen-bond acceptors (Lipinski definition) is 5. The Balaban J connectivity index is 0.000000509. The van der Waals surface area contributed by atoms with Crippen molar-refractivity contribution in [3.63, 3.8) is 0 Å². The second-order valence-electron chi connectivity index (χ2n) is 8.23. The van der Waals surface area contributed by atoms with Gasteiger partial charge in [0, 0.05) is 25.6 Å². The fourth-order valence-electron chi connectivity index (χ4n) is 4.06. The largest absolute Gasteiger partial charge is 0.490 e. The van der Waals surface area contributed by atoms with Gasteiger partial charge >= 0.3 is 18.1 Å². The fourth-order valence-corrected chi connectivity index (χ4v) is 4.06. The van der Waals surface area contributed by atoms with Crippen molar-refractivity contribution in [2.45, 2.75) is 50.4 Å². The number of benzene rings is 1. The Kier molecular flexibility index (Phi) is 9.42. The third-order valence-corrected chi connectivity index (χ3v) is 5.83. The van der Waals surface area contributed by atoms with Crippen molar-refractivity contribution < 1.29 is 42.6 Å². The molecule has 2 fully saturated rings. The van der Waals surface area contributed by atoms with Gasteiger partial charge in [0.15, 0.2) is 0 Å². The average molecular weight is 487 g/mol. The van der Waals surface area contributed by atoms with E-state index in [1.54, 1.807) is 4.90 Å². The van der Waals surface area contributed by atoms with Gasteiger partial charge in [0.25, 0.3) is 0 Å². The van der Waals surface area contributed by atoms with Gasteiger partial charge < -0.3 is 25.7 Å². The van der Waals surface area contributed by atoms with E-state index < -0.39 is 30.2 Å². The number of rotatable bonds is 5. The van der Waals surface area contributed by atoms with E-state index in [0.717, 1.165) is 12.0 Å². The van der Waals surface area contributed by atoms with Crippen molar-refractivity contribution in [3.05, 3.63) is 35.9 Å². The standard InChI is InChI=1S/C20H27N3O4.C2HF3O2/c21-16(13-14-5-2-1-3-6-14)19(25)22-11-8-15(9-12-22)18(24)23-10-4-7-17(23)20(26)27;3-2(4,5)1(6)7/h1-3,5-6,15-17H,4,7-13,21H2,(H,26,27);(H,6,7)/t16-,17-;/m1./s1. The molecule has 12 heteroatoms. The molecule has 188 valence electrons. The summed E-state index contributed by atoms with van der Waals surface area (Å²) in [4.78, 5) is 48.7. The first kappa shape index (κ1) is 27.1. The summed E-state index contributed by atoms with van der Waals surface area (Å²) in [7, 11) is 0. The molecule has 0 aromatic heterocycles. The normalized spacial score (nSPS) is 19.7. The molecule has 4 N–H and O–H groups in total. The number of alkyl halides is 3. The highest BCUT2D eigenvalue weighted by atomic mass is 19.4. The number of nitrogens with two attached hydrogens (primary N) is 1. The van der Waals surface area contributed by atoms with E-state index in [2.05, 4.69) is 0 Å². The van der Waals surface area contributed by atoms with Crippen molar-refractivity contribution in [3.8, 4) is 0 Å². The summed E-state index contributed by atoms with van der Waals surface area (Å²) >= 11 is 0. The lowest BCUT2D eigenvalue weighted by Gasteiger charge is -2.35. The molecule has 2 amide bonds. The van der Waals surface area contributed by atoms with Gasteiger partial charge in [-0.15, -0.1) is 0 Å². The van der Waals surface area contributed by atoms with Crippen LogP contribution in [0.4, 0.5) is 13.2 Å². The van der Waals surface area contributed by atoms with Crippen LogP contribution in [0.2, 0.25) is 0 Å². The molecule has 0 spiro atoms. The zero-order valence-electron chi connectivity index (χ0n) is 18.4. The van der Waals surface area contributed by atoms with E-state index >= 15 is 0 Å². The maximum atomic E-state index is 12.7. The van der Waals surface area contributed by atoms with Crippen LogP contribution in [0.15, 0.2) is 30.3 Å². The topological polar surface area (TPSA) is 141 Å². The van der Waals surface area contributed by atoms with E-state index in [1.807, 2.05) is 30.3 Å². The number of amides is 2. The number of carboxylic acids is 2. The van der Waals surface area contributed by atoms with Gasteiger partial charge in [0.05, 0.1) is 6.04 Å². The number of likely N-dealkylation sites (tertiary alicyclic amines) is 2. The first-order chi connectivity index (χ1) is 15.9. The van der Waals surface area contributed by atoms with E-state index in [4.69, 9.17) is 15.6 Å². The van der Waals surface area contributed by atoms with Crippen LogP contribution in [0.3, 0.4) is 0 Å². The number of nitrogens with zero attached hydrogens (tertiary/aromatic N) is 2. The number of carbonyl (C=O) groups is 4. The monoisotopic (exact) mass is 487 g/mol. The number of aliphatic carboxylic acids is 2. The highest BCUT2D eigenvalue weighted by Crippen LogP contribution is 2.26. The number of carboxylic acid groups (broad SMARTS) is 2. The maximum absolute atomic E-state index is 12.7. The number of halogens is 3. The first-order valence-electron chi connectivity index (χ1n) is 10.8. The highest BCUT2D eigenvalue weighted by molar-refractivity contribution is 5.86. The van der Waals surface area contributed by atoms with Crippen molar-refractivity contribution >= 4 is 23.8 Å². The number of piperidine rings is 1. The zero-order chi connectivity index (χ0) is 25.5. The number of hydrogen-bond donors (Lipinski definition) is 3. The van der Waals surface area contributed by atoms with E-state index in [9.17, 15) is 32.7 Å². The summed E-state index contributed by atoms with van der Waals surface area (Å²) in [5.74, 6) is -4.07. The minimum Gasteiger partial charge on any atom is -0.480 e. The molecule has 0 radical (unpaired) electrons. The molecular weight excluding hydrogens is 459 g/mol. The zero-order valence-corrected chi connectivity index (χ0v) is 18.4. The van der Waals surface area contributed by atoms with Crippen LogP contribution in [-0.2, 0) is 25.6 Å². The molecule has 0 aliphatic carbocycles. The van der Waals surface area contributed by atoms with Crippen molar-refractivity contribution in [1.82, 2.24) is 9.80 Å². The second kappa shape index (κ2) is 11.8. The lowest BCUT2D eigenvalue weighted by Crippen LogP contribution is -2.51. The Bertz CT molecular complexity index is 872. The van der Waals surface area contributed by atoms with Crippen LogP contribution in [0.1, 0.15) is 31.2 Å². The quantitative estimate of drug-likeness (QED) is 0.572. The van der Waals surface area contributed by atoms with Gasteiger partial charge in [-0.25, -0.2) is 9.59 Å². The molecule has 2 aliphatic heterocycles. The molecule has 2 atom stereocenters. The minimum atomic E-state index is -5.08. The summed E-state index contributed by atoms with van der Waals surface area (Å²) < 4.78 is 31.7. The van der Waals surface area contributed by atoms with Gasteiger partial charge in [0.1, 0.15) is 6.04 Å². The summed E-state index contributed by atoms with van der Waals surface area (Å²) in [6, 6.07) is 8.39. The molecule has 0 unspecified atom stereocenters. The Morgan fingerprint density at radius 2 is 1.56 bits per heavy atom. The summed E-state index contributed by atoms with van der Waals surface area (Å²) in [5, 5.41) is 16.4. The van der Waals surface area contributed by atoms with Crippen LogP contribution in [0, 0.1) is 5.92 Å². The molecule has 0 bridgehead atoms. The SMILES string of the molecule is N[C@H](Cc1ccccc1)C(=O)N1CCC(C(=O)N2CCC[C@@H]2C(=O)O)CC1.O=C(O)C(F)(F)F. The molecular formula is C22H28F3N3O6. The van der Waals surface area contributed by atoms with Crippen molar-refractivity contribution in [2.75, 3.05) is 19.6 Å². The second-order valence-corrected chi connectivity index (χ2v) is 8.23. The smallest absolute Gasteiger partial charge is 0.480 e. The molecule has 0 saturated carbocycles. The molecule has 2 saturated heterocycles. The minimum absolute atomic E-state index is 0.0828. The van der Waals surface area contributed by atoms with E-state index in [1.165, 1.54) is 4.90 Å². The summed E-state index contributed by atoms with van der Waals surface area (Å²) in [5.41, 5.74) is 7.12. The lowest BCUT2D eigenvalue weighted by molar-refractivity contribution is -0.192. The average Bonchev–Trinajstić information content (AvgIpc) is 3.29. The first-order valence-corrected chi connectivity index (χ1v) is 10.8. The molecule has 2 heterocycles. The highest BCUT2D eigenvalue weighted by Gasteiger charge is 2.39. The van der Waals surface area contributed by atoms with Gasteiger partial charge in [-0.2, -0.15) is 13.2 Å². The fraction of sp³-hybridized carbons (Fsp3) is 0.545. The maximum Gasteiger partial charge on any atom is 0.490 e. The van der Waals surface area contributed by atoms with Crippen molar-refractivity contribution in [1.29, 1.82) is 0 Å². The summed E-state index contributed by atoms with van der Waals surface area (Å²) in [6.45, 7) is 1.49. The molecule has 34 heavy (non-hydrogen) atoms. The molecule has 3 rings (SSSR count). The molecule has 1 aromatic carbocycles. The van der Waals surface area contributed by atoms with Crippen LogP contribution in [0.25, 0.3) is 0 Å². The number of carbonyl (C=O) groups excluding carboxylic acids is 2. The lowest BCUT2D eigenvalue weighted by atomic mass is 9.94. The van der Waals surface area contributed by atoms with Crippen LogP contribution < -0.4 is 5.73 Å².